The van der Waals surface area contributed by atoms with Crippen LogP contribution in [0.3, 0.4) is 0 Å². The van der Waals surface area contributed by atoms with Gasteiger partial charge in [-0.25, -0.2) is 4.98 Å². The normalized spacial score (nSPS) is 10.7. The first kappa shape index (κ1) is 12.7. The van der Waals surface area contributed by atoms with E-state index in [-0.39, 0.29) is 0 Å². The van der Waals surface area contributed by atoms with Crippen LogP contribution in [0, 0.1) is 0 Å². The summed E-state index contributed by atoms with van der Waals surface area (Å²) in [6.45, 7) is 0. The van der Waals surface area contributed by atoms with Crippen LogP contribution in [0.15, 0.2) is 29.8 Å². The van der Waals surface area contributed by atoms with E-state index in [1.807, 2.05) is 17.6 Å². The van der Waals surface area contributed by atoms with Gasteiger partial charge in [0.15, 0.2) is 11.2 Å². The van der Waals surface area contributed by atoms with Gasteiger partial charge in [-0.2, -0.15) is 0 Å². The minimum absolute atomic E-state index is 0.507. The van der Waals surface area contributed by atoms with Crippen LogP contribution in [0.5, 0.6) is 11.5 Å². The molecule has 0 atom stereocenters. The van der Waals surface area contributed by atoms with Crippen molar-refractivity contribution < 1.29 is 14.3 Å². The molecule has 102 valence electrons. The van der Waals surface area contributed by atoms with Gasteiger partial charge in [-0.3, -0.25) is 9.20 Å². The molecule has 3 rings (SSSR count). The summed E-state index contributed by atoms with van der Waals surface area (Å²) in [5.41, 5.74) is 1.85. The Balaban J connectivity index is 2.28. The topological polar surface area (TPSA) is 52.8 Å². The summed E-state index contributed by atoms with van der Waals surface area (Å²) in [5.74, 6) is 1.34. The van der Waals surface area contributed by atoms with E-state index in [1.54, 1.807) is 30.8 Å². The summed E-state index contributed by atoms with van der Waals surface area (Å²) < 4.78 is 12.4. The van der Waals surface area contributed by atoms with Crippen LogP contribution in [0.1, 0.15) is 10.5 Å². The lowest BCUT2D eigenvalue weighted by atomic mass is 10.1. The highest BCUT2D eigenvalue weighted by atomic mass is 32.1. The molecule has 0 fully saturated rings. The highest BCUT2D eigenvalue weighted by molar-refractivity contribution is 7.15. The molecule has 0 saturated carbocycles. The molecule has 2 heterocycles. The third-order valence-electron chi connectivity index (χ3n) is 3.07. The average Bonchev–Trinajstić information content (AvgIpc) is 3.06. The Morgan fingerprint density at radius 3 is 2.85 bits per heavy atom. The fourth-order valence-electron chi connectivity index (χ4n) is 2.11. The number of benzene rings is 1. The number of carbonyl (C=O) groups excluding carboxylic acids is 1. The number of fused-ring (bicyclic) bond motifs is 1. The van der Waals surface area contributed by atoms with Gasteiger partial charge in [-0.15, -0.1) is 11.3 Å². The second-order valence-electron chi connectivity index (χ2n) is 4.09. The van der Waals surface area contributed by atoms with Crippen molar-refractivity contribution in [2.45, 2.75) is 0 Å². The van der Waals surface area contributed by atoms with Crippen molar-refractivity contribution in [2.24, 2.45) is 0 Å². The van der Waals surface area contributed by atoms with Gasteiger partial charge >= 0.3 is 0 Å². The molecule has 0 spiro atoms. The first-order valence-corrected chi connectivity index (χ1v) is 6.79. The van der Waals surface area contributed by atoms with Crippen LogP contribution in [-0.2, 0) is 0 Å². The van der Waals surface area contributed by atoms with E-state index in [9.17, 15) is 4.79 Å². The molecule has 0 aliphatic carbocycles. The maximum atomic E-state index is 11.4. The van der Waals surface area contributed by atoms with Crippen LogP contribution < -0.4 is 9.47 Å². The summed E-state index contributed by atoms with van der Waals surface area (Å²) >= 11 is 1.48. The van der Waals surface area contributed by atoms with E-state index in [2.05, 4.69) is 4.98 Å². The molecule has 1 aromatic carbocycles. The molecule has 0 unspecified atom stereocenters. The fraction of sp³-hybridized carbons (Fsp3) is 0.143. The largest absolute Gasteiger partial charge is 0.497 e. The molecule has 3 aromatic rings. The van der Waals surface area contributed by atoms with Crippen molar-refractivity contribution in [1.29, 1.82) is 0 Å². The van der Waals surface area contributed by atoms with Gasteiger partial charge in [0.1, 0.15) is 22.9 Å². The average molecular weight is 288 g/mol. The Hall–Kier alpha value is -2.34. The molecule has 2 aromatic heterocycles. The molecule has 0 radical (unpaired) electrons. The molecule has 0 amide bonds. The lowest BCUT2D eigenvalue weighted by Crippen LogP contribution is -1.94. The number of thiazole rings is 1. The van der Waals surface area contributed by atoms with E-state index in [0.29, 0.717) is 22.9 Å². The minimum Gasteiger partial charge on any atom is -0.497 e. The molecule has 0 bridgehead atoms. The number of aldehydes is 1. The van der Waals surface area contributed by atoms with Crippen molar-refractivity contribution >= 4 is 22.6 Å². The second kappa shape index (κ2) is 4.97. The van der Waals surface area contributed by atoms with E-state index in [1.165, 1.54) is 11.3 Å². The summed E-state index contributed by atoms with van der Waals surface area (Å²) in [7, 11) is 3.18. The van der Waals surface area contributed by atoms with Gasteiger partial charge in [0.05, 0.1) is 14.2 Å². The lowest BCUT2D eigenvalue weighted by Gasteiger charge is -2.09. The molecular formula is C14H12N2O3S. The molecule has 0 aliphatic heterocycles. The summed E-state index contributed by atoms with van der Waals surface area (Å²) in [4.78, 5) is 16.7. The highest BCUT2D eigenvalue weighted by Crippen LogP contribution is 2.35. The number of carbonyl (C=O) groups is 1. The first-order chi connectivity index (χ1) is 9.78. The van der Waals surface area contributed by atoms with E-state index in [0.717, 1.165) is 16.8 Å². The van der Waals surface area contributed by atoms with Gasteiger partial charge in [0.25, 0.3) is 0 Å². The highest BCUT2D eigenvalue weighted by Gasteiger charge is 2.18. The predicted molar refractivity (Wildman–Crippen MR) is 77.0 cm³/mol. The number of hydrogen-bond acceptors (Lipinski definition) is 5. The van der Waals surface area contributed by atoms with Crippen molar-refractivity contribution in [2.75, 3.05) is 14.2 Å². The fourth-order valence-corrected chi connectivity index (χ4v) is 2.83. The minimum atomic E-state index is 0.507. The van der Waals surface area contributed by atoms with Crippen molar-refractivity contribution in [3.8, 4) is 22.8 Å². The van der Waals surface area contributed by atoms with Crippen LogP contribution in [0.4, 0.5) is 0 Å². The van der Waals surface area contributed by atoms with E-state index in [4.69, 9.17) is 9.47 Å². The third kappa shape index (κ3) is 1.85. The second-order valence-corrected chi connectivity index (χ2v) is 4.96. The Kier molecular flexibility index (Phi) is 3.15. The zero-order chi connectivity index (χ0) is 14.1. The van der Waals surface area contributed by atoms with Crippen LogP contribution in [0.25, 0.3) is 16.2 Å². The standard InChI is InChI=1S/C14H12N2O3S/c1-18-9-3-4-12(19-2)10(7-9)13-11(8-17)16-5-6-20-14(16)15-13/h3-8H,1-2H3. The van der Waals surface area contributed by atoms with Gasteiger partial charge in [-0.1, -0.05) is 0 Å². The Bertz CT molecular complexity index is 776. The quantitative estimate of drug-likeness (QED) is 0.693. The van der Waals surface area contributed by atoms with Gasteiger partial charge in [0, 0.05) is 17.1 Å². The SMILES string of the molecule is COc1ccc(OC)c(-c2nc3sccn3c2C=O)c1. The van der Waals surface area contributed by atoms with E-state index < -0.39 is 0 Å². The smallest absolute Gasteiger partial charge is 0.194 e. The number of rotatable bonds is 4. The third-order valence-corrected chi connectivity index (χ3v) is 3.83. The van der Waals surface area contributed by atoms with Gasteiger partial charge in [-0.05, 0) is 18.2 Å². The maximum Gasteiger partial charge on any atom is 0.194 e. The van der Waals surface area contributed by atoms with Crippen LogP contribution >= 0.6 is 11.3 Å². The molecular weight excluding hydrogens is 276 g/mol. The van der Waals surface area contributed by atoms with Crippen molar-refractivity contribution in [1.82, 2.24) is 9.38 Å². The van der Waals surface area contributed by atoms with Crippen molar-refractivity contribution in [3.05, 3.63) is 35.5 Å². The molecule has 6 heteroatoms. The van der Waals surface area contributed by atoms with Crippen LogP contribution in [0.2, 0.25) is 0 Å². The molecule has 0 saturated heterocycles. The zero-order valence-electron chi connectivity index (χ0n) is 11.0. The Morgan fingerprint density at radius 2 is 2.15 bits per heavy atom. The number of imidazole rings is 1. The molecule has 0 N–H and O–H groups in total. The Morgan fingerprint density at radius 1 is 1.30 bits per heavy atom. The monoisotopic (exact) mass is 288 g/mol. The van der Waals surface area contributed by atoms with E-state index >= 15 is 0 Å². The molecule has 0 aliphatic rings. The predicted octanol–water partition coefficient (Wildman–Crippen LogP) is 2.89. The van der Waals surface area contributed by atoms with Gasteiger partial charge in [0.2, 0.25) is 0 Å². The zero-order valence-corrected chi connectivity index (χ0v) is 11.8. The number of hydrogen-bond donors (Lipinski definition) is 0. The Labute approximate surface area is 119 Å². The first-order valence-electron chi connectivity index (χ1n) is 5.91. The lowest BCUT2D eigenvalue weighted by molar-refractivity contribution is 0.111. The molecule has 5 nitrogen and oxygen atoms in total. The van der Waals surface area contributed by atoms with Crippen molar-refractivity contribution in [3.63, 3.8) is 0 Å². The number of ether oxygens (including phenoxy) is 2. The number of nitrogens with zero attached hydrogens (tertiary/aromatic N) is 2. The van der Waals surface area contributed by atoms with Crippen LogP contribution in [-0.4, -0.2) is 29.9 Å². The maximum absolute atomic E-state index is 11.4. The number of aromatic nitrogens is 2. The van der Waals surface area contributed by atoms with Gasteiger partial charge < -0.3 is 9.47 Å². The summed E-state index contributed by atoms with van der Waals surface area (Å²) in [6.07, 6.45) is 2.63. The molecule has 20 heavy (non-hydrogen) atoms. The summed E-state index contributed by atoms with van der Waals surface area (Å²) in [5, 5.41) is 1.89. The number of methoxy groups -OCH3 is 2. The summed E-state index contributed by atoms with van der Waals surface area (Å²) in [6, 6.07) is 5.43.